The minimum absolute atomic E-state index is 0.120. The standard InChI is InChI=1S/C14H19ClN2O/c1-10-5-6-12(9-13(10)15)17-8-4-3-7-16-11(2)14(17)18/h5-6,9,11,16H,3-4,7-8H2,1-2H3. The van der Waals surface area contributed by atoms with Crippen LogP contribution >= 0.6 is 11.6 Å². The van der Waals surface area contributed by atoms with Gasteiger partial charge in [-0.15, -0.1) is 0 Å². The molecule has 1 atom stereocenters. The number of hydrogen-bond donors (Lipinski definition) is 1. The third-order valence-electron chi connectivity index (χ3n) is 3.36. The minimum atomic E-state index is -0.134. The zero-order chi connectivity index (χ0) is 13.1. The van der Waals surface area contributed by atoms with E-state index in [0.717, 1.165) is 37.2 Å². The molecule has 0 bridgehead atoms. The van der Waals surface area contributed by atoms with Gasteiger partial charge in [0.25, 0.3) is 0 Å². The zero-order valence-electron chi connectivity index (χ0n) is 10.9. The van der Waals surface area contributed by atoms with Crippen LogP contribution in [0.1, 0.15) is 25.3 Å². The Morgan fingerprint density at radius 2 is 2.17 bits per heavy atom. The molecule has 0 aliphatic carbocycles. The van der Waals surface area contributed by atoms with E-state index < -0.39 is 0 Å². The summed E-state index contributed by atoms with van der Waals surface area (Å²) in [5.41, 5.74) is 1.93. The fraction of sp³-hybridized carbons (Fsp3) is 0.500. The average Bonchev–Trinajstić information content (AvgIpc) is 2.34. The summed E-state index contributed by atoms with van der Waals surface area (Å²) in [4.78, 5) is 14.2. The van der Waals surface area contributed by atoms with Gasteiger partial charge >= 0.3 is 0 Å². The molecule has 4 heteroatoms. The van der Waals surface area contributed by atoms with Crippen LogP contribution in [0.2, 0.25) is 5.02 Å². The Labute approximate surface area is 113 Å². The van der Waals surface area contributed by atoms with E-state index in [9.17, 15) is 4.79 Å². The van der Waals surface area contributed by atoms with Crippen LogP contribution in [0.15, 0.2) is 18.2 Å². The van der Waals surface area contributed by atoms with Gasteiger partial charge in [0, 0.05) is 17.3 Å². The first kappa shape index (κ1) is 13.4. The van der Waals surface area contributed by atoms with E-state index in [1.165, 1.54) is 0 Å². The molecular formula is C14H19ClN2O. The molecule has 2 rings (SSSR count). The van der Waals surface area contributed by atoms with Crippen molar-refractivity contribution in [3.05, 3.63) is 28.8 Å². The van der Waals surface area contributed by atoms with Crippen LogP contribution < -0.4 is 10.2 Å². The first-order valence-electron chi connectivity index (χ1n) is 6.40. The first-order chi connectivity index (χ1) is 8.59. The summed E-state index contributed by atoms with van der Waals surface area (Å²) in [5.74, 6) is 0.120. The highest BCUT2D eigenvalue weighted by molar-refractivity contribution is 6.31. The van der Waals surface area contributed by atoms with E-state index in [-0.39, 0.29) is 11.9 Å². The Balaban J connectivity index is 2.27. The molecule has 3 nitrogen and oxygen atoms in total. The van der Waals surface area contributed by atoms with E-state index >= 15 is 0 Å². The Hall–Kier alpha value is -1.06. The second-order valence-corrected chi connectivity index (χ2v) is 5.21. The quantitative estimate of drug-likeness (QED) is 0.848. The molecule has 98 valence electrons. The number of hydrogen-bond acceptors (Lipinski definition) is 2. The highest BCUT2D eigenvalue weighted by Crippen LogP contribution is 2.24. The van der Waals surface area contributed by atoms with Gasteiger partial charge < -0.3 is 10.2 Å². The van der Waals surface area contributed by atoms with Crippen molar-refractivity contribution in [2.75, 3.05) is 18.0 Å². The predicted octanol–water partition coefficient (Wildman–Crippen LogP) is 2.75. The second kappa shape index (κ2) is 5.72. The van der Waals surface area contributed by atoms with Crippen molar-refractivity contribution in [2.45, 2.75) is 32.7 Å². The van der Waals surface area contributed by atoms with Gasteiger partial charge in [-0.3, -0.25) is 4.79 Å². The molecule has 1 aliphatic rings. The molecule has 1 fully saturated rings. The number of anilines is 1. The van der Waals surface area contributed by atoms with Crippen LogP contribution in [-0.2, 0) is 4.79 Å². The Kier molecular flexibility index (Phi) is 4.25. The highest BCUT2D eigenvalue weighted by atomic mass is 35.5. The molecule has 1 unspecified atom stereocenters. The number of aryl methyl sites for hydroxylation is 1. The summed E-state index contributed by atoms with van der Waals surface area (Å²) >= 11 is 6.14. The van der Waals surface area contributed by atoms with Crippen molar-refractivity contribution in [3.8, 4) is 0 Å². The first-order valence-corrected chi connectivity index (χ1v) is 6.78. The van der Waals surface area contributed by atoms with Crippen LogP contribution in [0.3, 0.4) is 0 Å². The van der Waals surface area contributed by atoms with Gasteiger partial charge in [-0.1, -0.05) is 17.7 Å². The van der Waals surface area contributed by atoms with Gasteiger partial charge in [0.15, 0.2) is 0 Å². The molecule has 1 aromatic carbocycles. The Morgan fingerprint density at radius 3 is 2.89 bits per heavy atom. The SMILES string of the molecule is Cc1ccc(N2CCCCNC(C)C2=O)cc1Cl. The smallest absolute Gasteiger partial charge is 0.243 e. The molecule has 0 saturated carbocycles. The fourth-order valence-corrected chi connectivity index (χ4v) is 2.33. The molecular weight excluding hydrogens is 248 g/mol. The van der Waals surface area contributed by atoms with Crippen molar-refractivity contribution < 1.29 is 4.79 Å². The fourth-order valence-electron chi connectivity index (χ4n) is 2.15. The largest absolute Gasteiger partial charge is 0.311 e. The van der Waals surface area contributed by atoms with E-state index in [1.807, 2.05) is 36.9 Å². The molecule has 1 saturated heterocycles. The summed E-state index contributed by atoms with van der Waals surface area (Å²) in [6.45, 7) is 5.56. The monoisotopic (exact) mass is 266 g/mol. The predicted molar refractivity (Wildman–Crippen MR) is 75.2 cm³/mol. The summed E-state index contributed by atoms with van der Waals surface area (Å²) in [6, 6.07) is 5.67. The summed E-state index contributed by atoms with van der Waals surface area (Å²) < 4.78 is 0. The van der Waals surface area contributed by atoms with Crippen molar-refractivity contribution in [2.24, 2.45) is 0 Å². The number of nitrogens with zero attached hydrogens (tertiary/aromatic N) is 1. The van der Waals surface area contributed by atoms with Gasteiger partial charge in [0.05, 0.1) is 6.04 Å². The average molecular weight is 267 g/mol. The van der Waals surface area contributed by atoms with E-state index in [4.69, 9.17) is 11.6 Å². The van der Waals surface area contributed by atoms with Crippen LogP contribution in [0, 0.1) is 6.92 Å². The number of halogens is 1. The van der Waals surface area contributed by atoms with Crippen LogP contribution in [-0.4, -0.2) is 25.0 Å². The summed E-state index contributed by atoms with van der Waals surface area (Å²) in [7, 11) is 0. The molecule has 1 amide bonds. The van der Waals surface area contributed by atoms with E-state index in [0.29, 0.717) is 5.02 Å². The molecule has 1 aliphatic heterocycles. The van der Waals surface area contributed by atoms with Gasteiger partial charge in [0.1, 0.15) is 0 Å². The lowest BCUT2D eigenvalue weighted by Gasteiger charge is -2.29. The zero-order valence-corrected chi connectivity index (χ0v) is 11.6. The Bertz CT molecular complexity index is 447. The maximum absolute atomic E-state index is 12.3. The van der Waals surface area contributed by atoms with Gasteiger partial charge in [-0.25, -0.2) is 0 Å². The molecule has 0 radical (unpaired) electrons. The lowest BCUT2D eigenvalue weighted by molar-refractivity contribution is -0.120. The number of rotatable bonds is 1. The normalized spacial score (nSPS) is 21.6. The maximum atomic E-state index is 12.3. The lowest BCUT2D eigenvalue weighted by atomic mass is 10.1. The van der Waals surface area contributed by atoms with Crippen molar-refractivity contribution >= 4 is 23.2 Å². The Morgan fingerprint density at radius 1 is 1.39 bits per heavy atom. The third kappa shape index (κ3) is 2.85. The van der Waals surface area contributed by atoms with Gasteiger partial charge in [0.2, 0.25) is 5.91 Å². The maximum Gasteiger partial charge on any atom is 0.243 e. The van der Waals surface area contributed by atoms with E-state index in [1.54, 1.807) is 0 Å². The van der Waals surface area contributed by atoms with Gasteiger partial charge in [-0.2, -0.15) is 0 Å². The molecule has 1 aromatic rings. The van der Waals surface area contributed by atoms with Crippen LogP contribution in [0.25, 0.3) is 0 Å². The topological polar surface area (TPSA) is 32.3 Å². The molecule has 1 N–H and O–H groups in total. The lowest BCUT2D eigenvalue weighted by Crippen LogP contribution is -2.47. The van der Waals surface area contributed by atoms with Crippen molar-refractivity contribution in [1.29, 1.82) is 0 Å². The van der Waals surface area contributed by atoms with Crippen molar-refractivity contribution in [3.63, 3.8) is 0 Å². The minimum Gasteiger partial charge on any atom is -0.311 e. The van der Waals surface area contributed by atoms with Gasteiger partial charge in [-0.05, 0) is 50.9 Å². The summed E-state index contributed by atoms with van der Waals surface area (Å²) in [5, 5.41) is 3.95. The van der Waals surface area contributed by atoms with Crippen molar-refractivity contribution in [1.82, 2.24) is 5.32 Å². The molecule has 18 heavy (non-hydrogen) atoms. The third-order valence-corrected chi connectivity index (χ3v) is 3.77. The number of carbonyl (C=O) groups excluding carboxylic acids is 1. The van der Waals surface area contributed by atoms with E-state index in [2.05, 4.69) is 5.32 Å². The highest BCUT2D eigenvalue weighted by Gasteiger charge is 2.23. The number of carbonyl (C=O) groups is 1. The molecule has 1 heterocycles. The van der Waals surface area contributed by atoms with Crippen LogP contribution in [0.4, 0.5) is 5.69 Å². The number of nitrogens with one attached hydrogen (secondary N) is 1. The molecule has 0 spiro atoms. The molecule has 0 aromatic heterocycles. The number of benzene rings is 1. The van der Waals surface area contributed by atoms with Crippen LogP contribution in [0.5, 0.6) is 0 Å². The number of amides is 1. The summed E-state index contributed by atoms with van der Waals surface area (Å²) in [6.07, 6.45) is 2.10. The second-order valence-electron chi connectivity index (χ2n) is 4.81.